The van der Waals surface area contributed by atoms with Crippen LogP contribution in [0.5, 0.6) is 0 Å². The van der Waals surface area contributed by atoms with Gasteiger partial charge in [-0.25, -0.2) is 0 Å². The molecule has 1 aliphatic rings. The van der Waals surface area contributed by atoms with Gasteiger partial charge in [-0.05, 0) is 25.8 Å². The van der Waals surface area contributed by atoms with Gasteiger partial charge in [0.25, 0.3) is 0 Å². The molecule has 116 valence electrons. The fraction of sp³-hybridized carbons (Fsp3) is 0.500. The maximum Gasteiger partial charge on any atom is 0.101 e. The molecule has 0 aliphatic carbocycles. The molecule has 0 unspecified atom stereocenters. The van der Waals surface area contributed by atoms with Crippen molar-refractivity contribution in [2.24, 2.45) is 0 Å². The molecule has 2 aromatic rings. The lowest BCUT2D eigenvalue weighted by Gasteiger charge is -2.31. The number of nitriles is 1. The van der Waals surface area contributed by atoms with Crippen LogP contribution in [0.4, 0.5) is 0 Å². The molecule has 2 atom stereocenters. The van der Waals surface area contributed by atoms with Crippen LogP contribution >= 0.6 is 11.3 Å². The highest BCUT2D eigenvalue weighted by Gasteiger charge is 2.28. The summed E-state index contributed by atoms with van der Waals surface area (Å²) in [6, 6.07) is 4.41. The topological polar surface area (TPSA) is 62.9 Å². The van der Waals surface area contributed by atoms with Crippen LogP contribution in [0.3, 0.4) is 0 Å². The average molecular weight is 316 g/mol. The molecule has 6 heteroatoms. The van der Waals surface area contributed by atoms with Crippen LogP contribution in [0.25, 0.3) is 0 Å². The molecule has 1 aliphatic heterocycles. The van der Waals surface area contributed by atoms with E-state index < -0.39 is 0 Å². The maximum atomic E-state index is 8.89. The number of thiophene rings is 1. The minimum Gasteiger partial charge on any atom is -0.372 e. The molecule has 1 fully saturated rings. The van der Waals surface area contributed by atoms with Crippen molar-refractivity contribution in [2.45, 2.75) is 45.0 Å². The van der Waals surface area contributed by atoms with Gasteiger partial charge in [-0.2, -0.15) is 10.4 Å². The first-order valence-electron chi connectivity index (χ1n) is 7.65. The number of nitrogens with one attached hydrogen (secondary N) is 1. The van der Waals surface area contributed by atoms with Crippen molar-refractivity contribution in [1.82, 2.24) is 15.1 Å². The quantitative estimate of drug-likeness (QED) is 0.921. The second-order valence-corrected chi connectivity index (χ2v) is 6.46. The molecule has 0 aromatic carbocycles. The van der Waals surface area contributed by atoms with Gasteiger partial charge < -0.3 is 10.1 Å². The summed E-state index contributed by atoms with van der Waals surface area (Å²) in [4.78, 5) is 1.19. The van der Waals surface area contributed by atoms with Crippen molar-refractivity contribution in [3.63, 3.8) is 0 Å². The predicted octanol–water partition coefficient (Wildman–Crippen LogP) is 2.85. The Labute approximate surface area is 134 Å². The molecule has 1 N–H and O–H groups in total. The molecule has 0 spiro atoms. The Bertz CT molecular complexity index is 657. The maximum absolute atomic E-state index is 8.89. The molecule has 0 amide bonds. The first kappa shape index (κ1) is 15.2. The van der Waals surface area contributed by atoms with Gasteiger partial charge in [0, 0.05) is 47.8 Å². The van der Waals surface area contributed by atoms with Crippen molar-refractivity contribution in [2.75, 3.05) is 6.61 Å². The second kappa shape index (κ2) is 7.05. The summed E-state index contributed by atoms with van der Waals surface area (Å²) in [5.41, 5.74) is 1.88. The molecule has 0 saturated carbocycles. The van der Waals surface area contributed by atoms with E-state index in [9.17, 15) is 0 Å². The summed E-state index contributed by atoms with van der Waals surface area (Å²) in [5, 5.41) is 18.7. The fourth-order valence-corrected chi connectivity index (χ4v) is 3.54. The van der Waals surface area contributed by atoms with Gasteiger partial charge in [-0.15, -0.1) is 11.3 Å². The number of hydrogen-bond acceptors (Lipinski definition) is 5. The molecule has 0 bridgehead atoms. The Morgan fingerprint density at radius 3 is 3.23 bits per heavy atom. The highest BCUT2D eigenvalue weighted by molar-refractivity contribution is 7.10. The molecule has 0 radical (unpaired) electrons. The SMILES string of the molecule is CCn1cc([C@H]2OCCC[C@@H]2NCc2cc(C#N)cs2)cn1. The van der Waals surface area contributed by atoms with Crippen molar-refractivity contribution < 1.29 is 4.74 Å². The van der Waals surface area contributed by atoms with Crippen LogP contribution in [0.1, 0.15) is 41.9 Å². The Morgan fingerprint density at radius 1 is 1.59 bits per heavy atom. The summed E-state index contributed by atoms with van der Waals surface area (Å²) in [7, 11) is 0. The number of nitrogens with zero attached hydrogens (tertiary/aromatic N) is 3. The van der Waals surface area contributed by atoms with E-state index in [1.54, 1.807) is 11.3 Å². The molecule has 3 rings (SSSR count). The Hall–Kier alpha value is -1.68. The van der Waals surface area contributed by atoms with Crippen LogP contribution < -0.4 is 5.32 Å². The van der Waals surface area contributed by atoms with Crippen LogP contribution in [-0.2, 0) is 17.8 Å². The molecule has 3 heterocycles. The third kappa shape index (κ3) is 3.38. The van der Waals surface area contributed by atoms with Gasteiger partial charge in [0.05, 0.1) is 11.8 Å². The third-order valence-corrected chi connectivity index (χ3v) is 4.89. The molecule has 2 aromatic heterocycles. The Morgan fingerprint density at radius 2 is 2.50 bits per heavy atom. The fourth-order valence-electron chi connectivity index (χ4n) is 2.78. The summed E-state index contributed by atoms with van der Waals surface area (Å²) >= 11 is 1.63. The van der Waals surface area contributed by atoms with Crippen LogP contribution in [0, 0.1) is 11.3 Å². The third-order valence-electron chi connectivity index (χ3n) is 3.95. The lowest BCUT2D eigenvalue weighted by Crippen LogP contribution is -2.38. The number of hydrogen-bond donors (Lipinski definition) is 1. The standard InChI is InChI=1S/C16H20N4OS/c1-2-20-10-13(8-19-20)16-15(4-3-5-21-16)18-9-14-6-12(7-17)11-22-14/h6,8,10-11,15-16,18H,2-5,9H2,1H3/t15-,16+/m0/s1. The van der Waals surface area contributed by atoms with Crippen molar-refractivity contribution >= 4 is 11.3 Å². The van der Waals surface area contributed by atoms with Gasteiger partial charge in [0.1, 0.15) is 12.2 Å². The van der Waals surface area contributed by atoms with Crippen molar-refractivity contribution in [3.05, 3.63) is 39.8 Å². The van der Waals surface area contributed by atoms with Gasteiger partial charge in [0.2, 0.25) is 0 Å². The van der Waals surface area contributed by atoms with Gasteiger partial charge in [0.15, 0.2) is 0 Å². The highest BCUT2D eigenvalue weighted by Crippen LogP contribution is 2.28. The molecular weight excluding hydrogens is 296 g/mol. The summed E-state index contributed by atoms with van der Waals surface area (Å²) < 4.78 is 7.92. The minimum absolute atomic E-state index is 0.0597. The zero-order valence-corrected chi connectivity index (χ0v) is 13.5. The van der Waals surface area contributed by atoms with Crippen LogP contribution in [0.2, 0.25) is 0 Å². The molecule has 22 heavy (non-hydrogen) atoms. The van der Waals surface area contributed by atoms with Gasteiger partial charge in [-0.3, -0.25) is 4.68 Å². The largest absolute Gasteiger partial charge is 0.372 e. The van der Waals surface area contributed by atoms with E-state index in [2.05, 4.69) is 29.6 Å². The normalized spacial score (nSPS) is 21.6. The zero-order valence-electron chi connectivity index (χ0n) is 12.7. The van der Waals surface area contributed by atoms with Crippen molar-refractivity contribution in [3.8, 4) is 6.07 Å². The predicted molar refractivity (Wildman–Crippen MR) is 85.5 cm³/mol. The highest BCUT2D eigenvalue weighted by atomic mass is 32.1. The van der Waals surface area contributed by atoms with E-state index in [0.29, 0.717) is 0 Å². The molecular formula is C16H20N4OS. The number of rotatable bonds is 5. The van der Waals surface area contributed by atoms with E-state index in [4.69, 9.17) is 10.00 Å². The molecule has 5 nitrogen and oxygen atoms in total. The van der Waals surface area contributed by atoms with E-state index in [0.717, 1.165) is 43.7 Å². The zero-order chi connectivity index (χ0) is 15.4. The minimum atomic E-state index is 0.0597. The molecule has 1 saturated heterocycles. The second-order valence-electron chi connectivity index (χ2n) is 5.46. The summed E-state index contributed by atoms with van der Waals surface area (Å²) in [5.74, 6) is 0. The Kier molecular flexibility index (Phi) is 4.88. The number of aromatic nitrogens is 2. The smallest absolute Gasteiger partial charge is 0.101 e. The first-order chi connectivity index (χ1) is 10.8. The number of aryl methyl sites for hydroxylation is 1. The van der Waals surface area contributed by atoms with E-state index in [1.807, 2.05) is 22.3 Å². The van der Waals surface area contributed by atoms with E-state index in [-0.39, 0.29) is 12.1 Å². The van der Waals surface area contributed by atoms with E-state index in [1.165, 1.54) is 4.88 Å². The first-order valence-corrected chi connectivity index (χ1v) is 8.53. The van der Waals surface area contributed by atoms with Gasteiger partial charge >= 0.3 is 0 Å². The van der Waals surface area contributed by atoms with E-state index >= 15 is 0 Å². The van der Waals surface area contributed by atoms with Crippen LogP contribution in [-0.4, -0.2) is 22.4 Å². The average Bonchev–Trinajstić information content (AvgIpc) is 3.22. The summed E-state index contributed by atoms with van der Waals surface area (Å²) in [6.07, 6.45) is 6.21. The van der Waals surface area contributed by atoms with Crippen molar-refractivity contribution in [1.29, 1.82) is 5.26 Å². The van der Waals surface area contributed by atoms with Gasteiger partial charge in [-0.1, -0.05) is 0 Å². The lowest BCUT2D eigenvalue weighted by atomic mass is 9.98. The Balaban J connectivity index is 1.66. The number of ether oxygens (including phenoxy) is 1. The lowest BCUT2D eigenvalue weighted by molar-refractivity contribution is -0.0111. The monoisotopic (exact) mass is 316 g/mol. The summed E-state index contributed by atoms with van der Waals surface area (Å²) in [6.45, 7) is 4.53. The van der Waals surface area contributed by atoms with Crippen LogP contribution in [0.15, 0.2) is 23.8 Å².